The molecule has 0 radical (unpaired) electrons. The summed E-state index contributed by atoms with van der Waals surface area (Å²) in [6.07, 6.45) is -0.136. The molecule has 0 fully saturated rings. The van der Waals surface area contributed by atoms with Crippen molar-refractivity contribution in [2.24, 2.45) is 5.73 Å². The van der Waals surface area contributed by atoms with E-state index in [2.05, 4.69) is 4.98 Å². The Labute approximate surface area is 115 Å². The predicted octanol–water partition coefficient (Wildman–Crippen LogP) is 2.45. The van der Waals surface area contributed by atoms with Crippen LogP contribution in [0.5, 0.6) is 17.4 Å². The van der Waals surface area contributed by atoms with Crippen molar-refractivity contribution in [1.29, 1.82) is 0 Å². The number of ether oxygens (including phenoxy) is 2. The molecule has 0 aliphatic rings. The van der Waals surface area contributed by atoms with Crippen LogP contribution in [0.15, 0.2) is 36.4 Å². The number of carbonyl (C=O) groups excluding carboxylic acids is 2. The molecule has 0 aliphatic carbocycles. The summed E-state index contributed by atoms with van der Waals surface area (Å²) in [5.74, 6) is 1.22. The van der Waals surface area contributed by atoms with Crippen LogP contribution < -0.4 is 15.2 Å². The Bertz CT molecular complexity index is 638. The Morgan fingerprint density at radius 3 is 2.35 bits per heavy atom. The number of hydrogen-bond acceptors (Lipinski definition) is 5. The second-order valence-electron chi connectivity index (χ2n) is 3.94. The van der Waals surface area contributed by atoms with E-state index in [-0.39, 0.29) is 0 Å². The zero-order chi connectivity index (χ0) is 14.5. The Morgan fingerprint density at radius 2 is 1.80 bits per heavy atom. The fourth-order valence-electron chi connectivity index (χ4n) is 1.54. The highest BCUT2D eigenvalue weighted by Crippen LogP contribution is 2.23. The van der Waals surface area contributed by atoms with Crippen molar-refractivity contribution in [3.05, 3.63) is 47.7 Å². The summed E-state index contributed by atoms with van der Waals surface area (Å²) in [4.78, 5) is 25.4. The van der Waals surface area contributed by atoms with Crippen LogP contribution in [0.2, 0.25) is 0 Å². The van der Waals surface area contributed by atoms with Crippen molar-refractivity contribution in [2.45, 2.75) is 6.92 Å². The molecule has 6 heteroatoms. The molecular weight excluding hydrogens is 260 g/mol. The van der Waals surface area contributed by atoms with Crippen LogP contribution in [0.1, 0.15) is 16.1 Å². The molecule has 0 unspecified atom stereocenters. The molecule has 1 heterocycles. The first-order chi connectivity index (χ1) is 9.58. The Hall–Kier alpha value is -2.89. The molecule has 102 valence electrons. The number of aromatic nitrogens is 1. The summed E-state index contributed by atoms with van der Waals surface area (Å²) in [6.45, 7) is 1.72. The Balaban J connectivity index is 2.11. The highest BCUT2D eigenvalue weighted by Gasteiger charge is 2.04. The van der Waals surface area contributed by atoms with Gasteiger partial charge in [-0.1, -0.05) is 0 Å². The van der Waals surface area contributed by atoms with Gasteiger partial charge >= 0.3 is 6.09 Å². The molecule has 2 rings (SSSR count). The number of aldehydes is 1. The number of pyridine rings is 1. The molecule has 20 heavy (non-hydrogen) atoms. The van der Waals surface area contributed by atoms with E-state index in [1.807, 2.05) is 0 Å². The molecule has 2 N–H and O–H groups in total. The largest absolute Gasteiger partial charge is 0.439 e. The van der Waals surface area contributed by atoms with Crippen LogP contribution in [-0.2, 0) is 0 Å². The average Bonchev–Trinajstić information content (AvgIpc) is 2.41. The summed E-state index contributed by atoms with van der Waals surface area (Å²) in [5, 5.41) is 0. The van der Waals surface area contributed by atoms with Gasteiger partial charge < -0.3 is 15.2 Å². The number of aryl methyl sites for hydroxylation is 1. The van der Waals surface area contributed by atoms with Gasteiger partial charge in [-0.15, -0.1) is 0 Å². The summed E-state index contributed by atoms with van der Waals surface area (Å²) >= 11 is 0. The van der Waals surface area contributed by atoms with Crippen LogP contribution in [0.3, 0.4) is 0 Å². The van der Waals surface area contributed by atoms with E-state index < -0.39 is 6.09 Å². The lowest BCUT2D eigenvalue weighted by atomic mass is 10.2. The first-order valence-electron chi connectivity index (χ1n) is 5.76. The molecule has 0 saturated carbocycles. The normalized spacial score (nSPS) is 9.85. The lowest BCUT2D eigenvalue weighted by molar-refractivity contribution is 0.112. The number of nitrogens with zero attached hydrogens (tertiary/aromatic N) is 1. The van der Waals surface area contributed by atoms with Crippen molar-refractivity contribution in [1.82, 2.24) is 4.98 Å². The van der Waals surface area contributed by atoms with Gasteiger partial charge in [-0.2, -0.15) is 0 Å². The molecule has 0 spiro atoms. The summed E-state index contributed by atoms with van der Waals surface area (Å²) in [7, 11) is 0. The number of rotatable bonds is 4. The van der Waals surface area contributed by atoms with Gasteiger partial charge in [-0.3, -0.25) is 4.79 Å². The minimum atomic E-state index is -0.875. The van der Waals surface area contributed by atoms with Gasteiger partial charge in [0, 0.05) is 11.6 Å². The minimum absolute atomic E-state index is 0.324. The van der Waals surface area contributed by atoms with E-state index in [4.69, 9.17) is 15.2 Å². The smallest absolute Gasteiger partial charge is 0.409 e. The number of primary amides is 1. The van der Waals surface area contributed by atoms with E-state index in [1.54, 1.807) is 43.3 Å². The van der Waals surface area contributed by atoms with Gasteiger partial charge in [-0.25, -0.2) is 9.78 Å². The second-order valence-corrected chi connectivity index (χ2v) is 3.94. The van der Waals surface area contributed by atoms with Gasteiger partial charge in [0.15, 0.2) is 6.29 Å². The molecule has 0 bridgehead atoms. The molecule has 1 amide bonds. The molecule has 0 atom stereocenters. The SMILES string of the molecule is Cc1nc(Oc2ccc(OC(N)=O)cc2)ccc1C=O. The van der Waals surface area contributed by atoms with Crippen LogP contribution in [-0.4, -0.2) is 17.4 Å². The van der Waals surface area contributed by atoms with Crippen LogP contribution in [0.4, 0.5) is 4.79 Å². The third-order valence-corrected chi connectivity index (χ3v) is 2.49. The molecule has 2 aromatic rings. The topological polar surface area (TPSA) is 91.5 Å². The van der Waals surface area contributed by atoms with Crippen molar-refractivity contribution in [3.63, 3.8) is 0 Å². The van der Waals surface area contributed by atoms with Gasteiger partial charge in [0.2, 0.25) is 5.88 Å². The molecule has 0 aliphatic heterocycles. The van der Waals surface area contributed by atoms with Gasteiger partial charge in [0.1, 0.15) is 11.5 Å². The third kappa shape index (κ3) is 3.32. The van der Waals surface area contributed by atoms with E-state index in [0.717, 1.165) is 6.29 Å². The summed E-state index contributed by atoms with van der Waals surface area (Å²) < 4.78 is 10.2. The fourth-order valence-corrected chi connectivity index (χ4v) is 1.54. The lowest BCUT2D eigenvalue weighted by Crippen LogP contribution is -2.16. The molecular formula is C14H12N2O4. The van der Waals surface area contributed by atoms with Crippen molar-refractivity contribution in [3.8, 4) is 17.4 Å². The zero-order valence-corrected chi connectivity index (χ0v) is 10.7. The van der Waals surface area contributed by atoms with Crippen LogP contribution >= 0.6 is 0 Å². The molecule has 0 saturated heterocycles. The highest BCUT2D eigenvalue weighted by molar-refractivity contribution is 5.76. The van der Waals surface area contributed by atoms with Crippen LogP contribution in [0.25, 0.3) is 0 Å². The summed E-state index contributed by atoms with van der Waals surface area (Å²) in [5.41, 5.74) is 6.00. The second kappa shape index (κ2) is 5.83. The minimum Gasteiger partial charge on any atom is -0.439 e. The van der Waals surface area contributed by atoms with Gasteiger partial charge in [0.05, 0.1) is 5.69 Å². The van der Waals surface area contributed by atoms with Gasteiger partial charge in [-0.05, 0) is 37.3 Å². The quantitative estimate of drug-likeness (QED) is 0.863. The third-order valence-electron chi connectivity index (χ3n) is 2.49. The standard InChI is InChI=1S/C14H12N2O4/c1-9-10(8-17)2-7-13(16-9)19-11-3-5-12(6-4-11)20-14(15)18/h2-8H,1H3,(H2,15,18). The van der Waals surface area contributed by atoms with E-state index in [0.29, 0.717) is 28.6 Å². The highest BCUT2D eigenvalue weighted by atomic mass is 16.5. The van der Waals surface area contributed by atoms with Crippen LogP contribution in [0, 0.1) is 6.92 Å². The Kier molecular flexibility index (Phi) is 3.95. The number of benzene rings is 1. The number of carbonyl (C=O) groups is 2. The number of hydrogen-bond donors (Lipinski definition) is 1. The van der Waals surface area contributed by atoms with E-state index in [1.165, 1.54) is 0 Å². The number of nitrogens with two attached hydrogens (primary N) is 1. The van der Waals surface area contributed by atoms with Crippen molar-refractivity contribution < 1.29 is 19.1 Å². The summed E-state index contributed by atoms with van der Waals surface area (Å²) in [6, 6.07) is 9.56. The first kappa shape index (κ1) is 13.5. The van der Waals surface area contributed by atoms with Crippen molar-refractivity contribution >= 4 is 12.4 Å². The fraction of sp³-hybridized carbons (Fsp3) is 0.0714. The average molecular weight is 272 g/mol. The zero-order valence-electron chi connectivity index (χ0n) is 10.7. The number of amides is 1. The molecule has 1 aromatic carbocycles. The lowest BCUT2D eigenvalue weighted by Gasteiger charge is -2.07. The molecule has 1 aromatic heterocycles. The Morgan fingerprint density at radius 1 is 1.15 bits per heavy atom. The maximum atomic E-state index is 10.7. The maximum Gasteiger partial charge on any atom is 0.409 e. The van der Waals surface area contributed by atoms with E-state index in [9.17, 15) is 9.59 Å². The monoisotopic (exact) mass is 272 g/mol. The van der Waals surface area contributed by atoms with Crippen molar-refractivity contribution in [2.75, 3.05) is 0 Å². The maximum absolute atomic E-state index is 10.7. The van der Waals surface area contributed by atoms with E-state index >= 15 is 0 Å². The molecule has 6 nitrogen and oxygen atoms in total. The predicted molar refractivity (Wildman–Crippen MR) is 71.1 cm³/mol. The first-order valence-corrected chi connectivity index (χ1v) is 5.76. The van der Waals surface area contributed by atoms with Gasteiger partial charge in [0.25, 0.3) is 0 Å².